The number of amides is 1. The zero-order chi connectivity index (χ0) is 22.0. The lowest BCUT2D eigenvalue weighted by molar-refractivity contribution is -0.120. The van der Waals surface area contributed by atoms with Crippen molar-refractivity contribution in [3.63, 3.8) is 0 Å². The zero-order valence-electron chi connectivity index (χ0n) is 17.1. The predicted octanol–water partition coefficient (Wildman–Crippen LogP) is 4.70. The molecule has 1 aromatic heterocycles. The molecule has 3 aromatic rings. The fraction of sp³-hybridized carbons (Fsp3) is 0.333. The van der Waals surface area contributed by atoms with E-state index in [2.05, 4.69) is 9.88 Å². The molecule has 0 atom stereocenters. The quantitative estimate of drug-likeness (QED) is 0.464. The first kappa shape index (κ1) is 22.0. The molecule has 0 spiro atoms. The van der Waals surface area contributed by atoms with Gasteiger partial charge in [-0.25, -0.2) is 4.98 Å². The zero-order valence-corrected chi connectivity index (χ0v) is 19.4. The molecule has 0 bridgehead atoms. The molecule has 0 fully saturated rings. The van der Waals surface area contributed by atoms with Crippen LogP contribution < -0.4 is 19.1 Å². The molecule has 0 saturated heterocycles. The van der Waals surface area contributed by atoms with Crippen LogP contribution in [-0.2, 0) is 4.79 Å². The summed E-state index contributed by atoms with van der Waals surface area (Å²) in [5.74, 6) is 1.55. The van der Waals surface area contributed by atoms with E-state index in [-0.39, 0.29) is 19.3 Å². The van der Waals surface area contributed by atoms with Crippen LogP contribution in [0, 0.1) is 0 Å². The second-order valence-electron chi connectivity index (χ2n) is 7.24. The number of thiazole rings is 1. The van der Waals surface area contributed by atoms with Crippen LogP contribution >= 0.6 is 34.5 Å². The molecule has 2 heterocycles. The van der Waals surface area contributed by atoms with E-state index < -0.39 is 0 Å². The fourth-order valence-corrected chi connectivity index (χ4v) is 4.59. The van der Waals surface area contributed by atoms with Gasteiger partial charge in [-0.3, -0.25) is 9.69 Å². The van der Waals surface area contributed by atoms with Crippen molar-refractivity contribution in [1.82, 2.24) is 9.88 Å². The van der Waals surface area contributed by atoms with Gasteiger partial charge in [0.25, 0.3) is 5.91 Å². The number of hydrogen-bond donors (Lipinski definition) is 0. The maximum atomic E-state index is 13.1. The van der Waals surface area contributed by atoms with Gasteiger partial charge in [-0.1, -0.05) is 34.5 Å². The Morgan fingerprint density at radius 1 is 1.16 bits per heavy atom. The number of carbonyl (C=O) groups is 1. The number of nitrogens with zero attached hydrogens (tertiary/aromatic N) is 3. The second-order valence-corrected chi connectivity index (χ2v) is 9.09. The maximum absolute atomic E-state index is 13.1. The van der Waals surface area contributed by atoms with E-state index in [4.69, 9.17) is 37.4 Å². The lowest BCUT2D eigenvalue weighted by atomic mass is 10.3. The highest BCUT2D eigenvalue weighted by Gasteiger charge is 2.23. The molecular weight excluding hydrogens is 461 g/mol. The first-order chi connectivity index (χ1) is 14.9. The summed E-state index contributed by atoms with van der Waals surface area (Å²) in [6.45, 7) is 1.40. The van der Waals surface area contributed by atoms with E-state index in [1.165, 1.54) is 11.3 Å². The van der Waals surface area contributed by atoms with E-state index in [0.717, 1.165) is 23.2 Å². The Morgan fingerprint density at radius 2 is 1.94 bits per heavy atom. The van der Waals surface area contributed by atoms with Crippen LogP contribution in [0.25, 0.3) is 10.2 Å². The highest BCUT2D eigenvalue weighted by atomic mass is 35.5. The normalized spacial score (nSPS) is 12.5. The largest absolute Gasteiger partial charge is 0.482 e. The summed E-state index contributed by atoms with van der Waals surface area (Å²) < 4.78 is 17.5. The number of ether oxygens (including phenoxy) is 3. The van der Waals surface area contributed by atoms with E-state index in [1.54, 1.807) is 23.1 Å². The SMILES string of the molecule is CN(C)CCCN(C(=O)COc1ccc(Cl)cc1Cl)c1nc2cc3c(cc2s1)OCO3. The monoisotopic (exact) mass is 481 g/mol. The minimum atomic E-state index is -0.205. The van der Waals surface area contributed by atoms with Gasteiger partial charge in [0.05, 0.1) is 15.2 Å². The van der Waals surface area contributed by atoms with Gasteiger partial charge < -0.3 is 19.1 Å². The Morgan fingerprint density at radius 3 is 2.68 bits per heavy atom. The number of rotatable bonds is 8. The number of benzene rings is 2. The Kier molecular flexibility index (Phi) is 6.71. The first-order valence-corrected chi connectivity index (χ1v) is 11.2. The van der Waals surface area contributed by atoms with Crippen molar-refractivity contribution in [2.75, 3.05) is 45.5 Å². The number of fused-ring (bicyclic) bond motifs is 2. The average Bonchev–Trinajstić information content (AvgIpc) is 3.33. The highest BCUT2D eigenvalue weighted by Crippen LogP contribution is 2.40. The van der Waals surface area contributed by atoms with E-state index in [9.17, 15) is 4.79 Å². The number of carbonyl (C=O) groups excluding carboxylic acids is 1. The van der Waals surface area contributed by atoms with Gasteiger partial charge >= 0.3 is 0 Å². The van der Waals surface area contributed by atoms with Gasteiger partial charge in [-0.05, 0) is 45.3 Å². The molecule has 2 aromatic carbocycles. The smallest absolute Gasteiger partial charge is 0.266 e. The second kappa shape index (κ2) is 9.48. The molecular formula is C21H21Cl2N3O4S. The van der Waals surface area contributed by atoms with Crippen molar-refractivity contribution < 1.29 is 19.0 Å². The van der Waals surface area contributed by atoms with Crippen molar-refractivity contribution in [2.24, 2.45) is 0 Å². The van der Waals surface area contributed by atoms with Gasteiger partial charge in [0.2, 0.25) is 6.79 Å². The minimum absolute atomic E-state index is 0.165. The molecule has 1 aliphatic rings. The van der Waals surface area contributed by atoms with Gasteiger partial charge in [-0.2, -0.15) is 0 Å². The van der Waals surface area contributed by atoms with Crippen molar-refractivity contribution in [1.29, 1.82) is 0 Å². The standard InChI is InChI=1S/C21H21Cl2N3O4S/c1-25(2)6-3-7-26(20(27)11-28-16-5-4-13(22)8-14(16)23)21-24-15-9-17-18(30-12-29-17)10-19(15)31-21/h4-5,8-10H,3,6-7,11-12H2,1-2H3. The summed E-state index contributed by atoms with van der Waals surface area (Å²) >= 11 is 13.5. The summed E-state index contributed by atoms with van der Waals surface area (Å²) in [7, 11) is 3.99. The Hall–Kier alpha value is -2.26. The van der Waals surface area contributed by atoms with Crippen LogP contribution in [0.1, 0.15) is 6.42 Å². The van der Waals surface area contributed by atoms with Crippen molar-refractivity contribution in [3.8, 4) is 17.2 Å². The summed E-state index contributed by atoms with van der Waals surface area (Å²) in [5.41, 5.74) is 0.760. The fourth-order valence-electron chi connectivity index (χ4n) is 3.10. The number of hydrogen-bond acceptors (Lipinski definition) is 7. The molecule has 0 unspecified atom stereocenters. The Bertz CT molecular complexity index is 1060. The molecule has 4 rings (SSSR count). The number of aromatic nitrogens is 1. The molecule has 7 nitrogen and oxygen atoms in total. The number of anilines is 1. The summed E-state index contributed by atoms with van der Waals surface area (Å²) in [6.07, 6.45) is 0.791. The van der Waals surface area contributed by atoms with Crippen LogP contribution in [0.15, 0.2) is 30.3 Å². The highest BCUT2D eigenvalue weighted by molar-refractivity contribution is 7.22. The first-order valence-electron chi connectivity index (χ1n) is 9.64. The van der Waals surface area contributed by atoms with Crippen molar-refractivity contribution in [2.45, 2.75) is 6.42 Å². The van der Waals surface area contributed by atoms with Crippen molar-refractivity contribution >= 4 is 55.8 Å². The van der Waals surface area contributed by atoms with Gasteiger partial charge in [-0.15, -0.1) is 0 Å². The molecule has 0 saturated carbocycles. The lowest BCUT2D eigenvalue weighted by Crippen LogP contribution is -2.36. The van der Waals surface area contributed by atoms with Crippen LogP contribution in [-0.4, -0.2) is 56.4 Å². The molecule has 164 valence electrons. The molecule has 10 heteroatoms. The van der Waals surface area contributed by atoms with Crippen molar-refractivity contribution in [3.05, 3.63) is 40.4 Å². The molecule has 1 aliphatic heterocycles. The van der Waals surface area contributed by atoms with Gasteiger partial charge in [0.15, 0.2) is 23.2 Å². The third-order valence-corrected chi connectivity index (χ3v) is 6.21. The van der Waals surface area contributed by atoms with Gasteiger partial charge in [0.1, 0.15) is 5.75 Å². The number of halogens is 2. The van der Waals surface area contributed by atoms with E-state index in [0.29, 0.717) is 39.0 Å². The Labute approximate surface area is 194 Å². The molecule has 1 amide bonds. The maximum Gasteiger partial charge on any atom is 0.266 e. The third kappa shape index (κ3) is 5.15. The van der Waals surface area contributed by atoms with E-state index in [1.807, 2.05) is 26.2 Å². The molecule has 0 aliphatic carbocycles. The lowest BCUT2D eigenvalue weighted by Gasteiger charge is -2.21. The summed E-state index contributed by atoms with van der Waals surface area (Å²) in [6, 6.07) is 8.62. The van der Waals surface area contributed by atoms with Crippen LogP contribution in [0.3, 0.4) is 0 Å². The Balaban J connectivity index is 1.54. The molecule has 0 N–H and O–H groups in total. The van der Waals surface area contributed by atoms with Crippen LogP contribution in [0.5, 0.6) is 17.2 Å². The predicted molar refractivity (Wildman–Crippen MR) is 123 cm³/mol. The minimum Gasteiger partial charge on any atom is -0.482 e. The molecule has 31 heavy (non-hydrogen) atoms. The third-order valence-electron chi connectivity index (χ3n) is 4.64. The molecule has 0 radical (unpaired) electrons. The van der Waals surface area contributed by atoms with E-state index >= 15 is 0 Å². The van der Waals surface area contributed by atoms with Crippen LogP contribution in [0.4, 0.5) is 5.13 Å². The van der Waals surface area contributed by atoms with Gasteiger partial charge in [0, 0.05) is 23.7 Å². The summed E-state index contributed by atoms with van der Waals surface area (Å²) in [5, 5.41) is 1.46. The van der Waals surface area contributed by atoms with Crippen LogP contribution in [0.2, 0.25) is 10.0 Å². The average molecular weight is 482 g/mol. The summed E-state index contributed by atoms with van der Waals surface area (Å²) in [4.78, 5) is 21.5. The topological polar surface area (TPSA) is 64.1 Å².